The van der Waals surface area contributed by atoms with Crippen LogP contribution in [0.2, 0.25) is 0 Å². The first-order valence-corrected chi connectivity index (χ1v) is 5.99. The molecule has 0 radical (unpaired) electrons. The van der Waals surface area contributed by atoms with E-state index in [9.17, 15) is 4.79 Å². The van der Waals surface area contributed by atoms with Crippen molar-refractivity contribution in [3.8, 4) is 5.75 Å². The molecular weight excluding hydrogens is 333 g/mol. The van der Waals surface area contributed by atoms with Crippen LogP contribution < -0.4 is 10.9 Å². The van der Waals surface area contributed by atoms with Gasteiger partial charge in [-0.25, -0.2) is 4.98 Å². The van der Waals surface area contributed by atoms with E-state index >= 15 is 0 Å². The number of aromatic amines is 1. The first kappa shape index (κ1) is 11.9. The molecule has 0 aliphatic heterocycles. The molecular formula is C11H10IN3O2. The van der Waals surface area contributed by atoms with Crippen molar-refractivity contribution in [3.05, 3.63) is 50.1 Å². The number of anilines is 1. The Hall–Kier alpha value is -1.57. The van der Waals surface area contributed by atoms with E-state index in [4.69, 9.17) is 5.11 Å². The second-order valence-electron chi connectivity index (χ2n) is 3.41. The quantitative estimate of drug-likeness (QED) is 0.742. The lowest BCUT2D eigenvalue weighted by Gasteiger charge is -2.06. The summed E-state index contributed by atoms with van der Waals surface area (Å²) in [6.45, 7) is 0.548. The van der Waals surface area contributed by atoms with Gasteiger partial charge in [-0.1, -0.05) is 12.1 Å². The molecule has 17 heavy (non-hydrogen) atoms. The first-order valence-electron chi connectivity index (χ1n) is 4.92. The van der Waals surface area contributed by atoms with Crippen LogP contribution in [0, 0.1) is 3.57 Å². The number of phenols is 1. The summed E-state index contributed by atoms with van der Waals surface area (Å²) in [6.07, 6.45) is 1.36. The van der Waals surface area contributed by atoms with Crippen LogP contribution in [0.15, 0.2) is 35.4 Å². The fourth-order valence-corrected chi connectivity index (χ4v) is 1.79. The fraction of sp³-hybridized carbons (Fsp3) is 0.0909. The highest BCUT2D eigenvalue weighted by Gasteiger charge is 2.04. The van der Waals surface area contributed by atoms with Gasteiger partial charge >= 0.3 is 0 Å². The van der Waals surface area contributed by atoms with Crippen molar-refractivity contribution >= 4 is 28.4 Å². The maximum atomic E-state index is 11.3. The molecule has 0 aliphatic carbocycles. The summed E-state index contributed by atoms with van der Waals surface area (Å²) >= 11 is 1.94. The van der Waals surface area contributed by atoms with E-state index in [1.54, 1.807) is 12.1 Å². The first-order chi connectivity index (χ1) is 8.16. The minimum Gasteiger partial charge on any atom is -0.508 e. The van der Waals surface area contributed by atoms with E-state index in [2.05, 4.69) is 15.3 Å². The van der Waals surface area contributed by atoms with E-state index in [-0.39, 0.29) is 11.3 Å². The molecule has 0 unspecified atom stereocenters. The zero-order valence-corrected chi connectivity index (χ0v) is 10.9. The number of nitrogens with one attached hydrogen (secondary N) is 2. The third-order valence-electron chi connectivity index (χ3n) is 2.19. The maximum absolute atomic E-state index is 11.3. The molecule has 0 bridgehead atoms. The zero-order chi connectivity index (χ0) is 12.3. The Bertz CT molecular complexity index is 566. The second kappa shape index (κ2) is 5.17. The summed E-state index contributed by atoms with van der Waals surface area (Å²) in [7, 11) is 0. The highest BCUT2D eigenvalue weighted by atomic mass is 127. The molecule has 0 atom stereocenters. The Kier molecular flexibility index (Phi) is 3.62. The highest BCUT2D eigenvalue weighted by Crippen LogP contribution is 2.13. The van der Waals surface area contributed by atoms with Crippen LogP contribution in [0.3, 0.4) is 0 Å². The van der Waals surface area contributed by atoms with Crippen LogP contribution in [0.1, 0.15) is 5.56 Å². The predicted octanol–water partition coefficient (Wildman–Crippen LogP) is 1.69. The molecule has 0 fully saturated rings. The molecule has 0 spiro atoms. The fourth-order valence-electron chi connectivity index (χ4n) is 1.31. The standard InChI is InChI=1S/C11H10IN3O2/c12-9-10(14-6-15-11(9)17)13-5-7-1-3-8(16)4-2-7/h1-4,6,16H,5H2,(H2,13,14,15,17). The number of aromatic hydroxyl groups is 1. The Labute approximate surface area is 111 Å². The summed E-state index contributed by atoms with van der Waals surface area (Å²) in [5.74, 6) is 0.792. The minimum atomic E-state index is -0.159. The van der Waals surface area contributed by atoms with Gasteiger partial charge in [0.2, 0.25) is 0 Å². The lowest BCUT2D eigenvalue weighted by molar-refractivity contribution is 0.475. The Balaban J connectivity index is 2.10. The zero-order valence-electron chi connectivity index (χ0n) is 8.77. The van der Waals surface area contributed by atoms with Gasteiger partial charge in [-0.3, -0.25) is 4.79 Å². The summed E-state index contributed by atoms with van der Waals surface area (Å²) in [5.41, 5.74) is 0.842. The Morgan fingerprint density at radius 1 is 1.35 bits per heavy atom. The number of hydrogen-bond donors (Lipinski definition) is 3. The molecule has 1 aromatic carbocycles. The molecule has 2 rings (SSSR count). The van der Waals surface area contributed by atoms with Gasteiger partial charge in [0.15, 0.2) is 0 Å². The normalized spacial score (nSPS) is 10.2. The Morgan fingerprint density at radius 2 is 2.06 bits per heavy atom. The number of rotatable bonds is 3. The van der Waals surface area contributed by atoms with Crippen LogP contribution in [-0.4, -0.2) is 15.1 Å². The molecule has 0 saturated heterocycles. The molecule has 3 N–H and O–H groups in total. The second-order valence-corrected chi connectivity index (χ2v) is 4.49. The van der Waals surface area contributed by atoms with E-state index < -0.39 is 0 Å². The molecule has 6 heteroatoms. The van der Waals surface area contributed by atoms with E-state index in [0.29, 0.717) is 15.9 Å². The summed E-state index contributed by atoms with van der Waals surface area (Å²) in [6, 6.07) is 6.85. The van der Waals surface area contributed by atoms with Crippen molar-refractivity contribution in [3.63, 3.8) is 0 Å². The monoisotopic (exact) mass is 343 g/mol. The van der Waals surface area contributed by atoms with Crippen LogP contribution in [0.25, 0.3) is 0 Å². The van der Waals surface area contributed by atoms with Gasteiger partial charge < -0.3 is 15.4 Å². The molecule has 88 valence electrons. The van der Waals surface area contributed by atoms with Crippen molar-refractivity contribution in [1.29, 1.82) is 0 Å². The number of hydrogen-bond acceptors (Lipinski definition) is 4. The van der Waals surface area contributed by atoms with Crippen molar-refractivity contribution in [2.24, 2.45) is 0 Å². The van der Waals surface area contributed by atoms with Gasteiger partial charge in [-0.05, 0) is 40.3 Å². The lowest BCUT2D eigenvalue weighted by Crippen LogP contribution is -2.14. The number of aromatic nitrogens is 2. The third-order valence-corrected chi connectivity index (χ3v) is 3.19. The molecule has 2 aromatic rings. The van der Waals surface area contributed by atoms with Crippen LogP contribution in [0.4, 0.5) is 5.82 Å². The lowest BCUT2D eigenvalue weighted by atomic mass is 10.2. The average Bonchev–Trinajstić information content (AvgIpc) is 2.33. The average molecular weight is 343 g/mol. The van der Waals surface area contributed by atoms with Gasteiger partial charge in [-0.15, -0.1) is 0 Å². The predicted molar refractivity (Wildman–Crippen MR) is 73.0 cm³/mol. The van der Waals surface area contributed by atoms with Crippen LogP contribution in [-0.2, 0) is 6.54 Å². The summed E-state index contributed by atoms with van der Waals surface area (Å²) in [4.78, 5) is 17.9. The number of benzene rings is 1. The van der Waals surface area contributed by atoms with Crippen LogP contribution in [0.5, 0.6) is 5.75 Å². The summed E-state index contributed by atoms with van der Waals surface area (Å²) < 4.78 is 0.531. The van der Waals surface area contributed by atoms with Crippen molar-refractivity contribution < 1.29 is 5.11 Å². The molecule has 0 amide bonds. The van der Waals surface area contributed by atoms with Gasteiger partial charge in [-0.2, -0.15) is 0 Å². The SMILES string of the molecule is O=c1[nH]cnc(NCc2ccc(O)cc2)c1I. The minimum absolute atomic E-state index is 0.159. The van der Waals surface area contributed by atoms with Crippen molar-refractivity contribution in [1.82, 2.24) is 9.97 Å². The Morgan fingerprint density at radius 3 is 2.76 bits per heavy atom. The molecule has 5 nitrogen and oxygen atoms in total. The van der Waals surface area contributed by atoms with Crippen LogP contribution >= 0.6 is 22.6 Å². The van der Waals surface area contributed by atoms with Crippen molar-refractivity contribution in [2.75, 3.05) is 5.32 Å². The van der Waals surface area contributed by atoms with E-state index in [1.807, 2.05) is 34.7 Å². The highest BCUT2D eigenvalue weighted by molar-refractivity contribution is 14.1. The smallest absolute Gasteiger partial charge is 0.266 e. The number of phenolic OH excluding ortho intramolecular Hbond substituents is 1. The molecule has 1 aromatic heterocycles. The number of halogens is 1. The number of H-pyrrole nitrogens is 1. The van der Waals surface area contributed by atoms with E-state index in [0.717, 1.165) is 5.56 Å². The van der Waals surface area contributed by atoms with Crippen molar-refractivity contribution in [2.45, 2.75) is 6.54 Å². The maximum Gasteiger partial charge on any atom is 0.266 e. The summed E-state index contributed by atoms with van der Waals surface area (Å²) in [5, 5.41) is 12.2. The van der Waals surface area contributed by atoms with Gasteiger partial charge in [0.05, 0.1) is 6.33 Å². The number of nitrogens with zero attached hydrogens (tertiary/aromatic N) is 1. The molecule has 1 heterocycles. The topological polar surface area (TPSA) is 78.0 Å². The van der Waals surface area contributed by atoms with Gasteiger partial charge in [0.1, 0.15) is 15.1 Å². The van der Waals surface area contributed by atoms with Gasteiger partial charge in [0.25, 0.3) is 5.56 Å². The van der Waals surface area contributed by atoms with E-state index in [1.165, 1.54) is 6.33 Å². The third kappa shape index (κ3) is 2.96. The molecule has 0 saturated carbocycles. The molecule has 0 aliphatic rings. The largest absolute Gasteiger partial charge is 0.508 e. The van der Waals surface area contributed by atoms with Gasteiger partial charge in [0, 0.05) is 6.54 Å².